The standard InChI is InChI=1S/C14H12Cl2N2O2/c15-9-5-10(16)7-11(6-9)18-14(19)8-20-13-4-2-1-3-12(13)17/h1-7H,8,17H2,(H,18,19). The van der Waals surface area contributed by atoms with Crippen LogP contribution < -0.4 is 15.8 Å². The van der Waals surface area contributed by atoms with Crippen molar-refractivity contribution in [3.63, 3.8) is 0 Å². The molecule has 1 amide bonds. The molecule has 0 aliphatic heterocycles. The number of carbonyl (C=O) groups excluding carboxylic acids is 1. The van der Waals surface area contributed by atoms with Crippen LogP contribution in [0.15, 0.2) is 42.5 Å². The predicted molar refractivity (Wildman–Crippen MR) is 81.4 cm³/mol. The van der Waals surface area contributed by atoms with Gasteiger partial charge in [-0.15, -0.1) is 0 Å². The van der Waals surface area contributed by atoms with Crippen LogP contribution >= 0.6 is 23.2 Å². The highest BCUT2D eigenvalue weighted by Crippen LogP contribution is 2.23. The van der Waals surface area contributed by atoms with Crippen LogP contribution in [-0.2, 0) is 4.79 Å². The molecule has 0 spiro atoms. The number of nitrogen functional groups attached to an aromatic ring is 1. The van der Waals surface area contributed by atoms with Gasteiger partial charge >= 0.3 is 0 Å². The molecule has 2 aromatic carbocycles. The molecule has 0 aliphatic carbocycles. The lowest BCUT2D eigenvalue weighted by molar-refractivity contribution is -0.118. The number of ether oxygens (including phenoxy) is 1. The smallest absolute Gasteiger partial charge is 0.262 e. The molecule has 20 heavy (non-hydrogen) atoms. The molecule has 4 nitrogen and oxygen atoms in total. The van der Waals surface area contributed by atoms with Crippen LogP contribution in [0, 0.1) is 0 Å². The van der Waals surface area contributed by atoms with E-state index in [4.69, 9.17) is 33.7 Å². The minimum Gasteiger partial charge on any atom is -0.482 e. The fourth-order valence-electron chi connectivity index (χ4n) is 1.58. The lowest BCUT2D eigenvalue weighted by atomic mass is 10.3. The summed E-state index contributed by atoms with van der Waals surface area (Å²) < 4.78 is 5.33. The number of halogens is 2. The fourth-order valence-corrected chi connectivity index (χ4v) is 2.10. The summed E-state index contributed by atoms with van der Waals surface area (Å²) in [6.07, 6.45) is 0. The minimum atomic E-state index is -0.327. The number of hydrogen-bond donors (Lipinski definition) is 2. The van der Waals surface area contributed by atoms with Gasteiger partial charge in [0.25, 0.3) is 5.91 Å². The molecule has 104 valence electrons. The third kappa shape index (κ3) is 4.05. The first-order chi connectivity index (χ1) is 9.54. The first-order valence-corrected chi connectivity index (χ1v) is 6.53. The van der Waals surface area contributed by atoms with E-state index in [0.717, 1.165) is 0 Å². The van der Waals surface area contributed by atoms with Gasteiger partial charge in [-0.25, -0.2) is 0 Å². The molecule has 3 N–H and O–H groups in total. The zero-order valence-electron chi connectivity index (χ0n) is 10.4. The molecular weight excluding hydrogens is 299 g/mol. The molecule has 0 aliphatic rings. The fraction of sp³-hybridized carbons (Fsp3) is 0.0714. The van der Waals surface area contributed by atoms with E-state index in [9.17, 15) is 4.79 Å². The van der Waals surface area contributed by atoms with Crippen molar-refractivity contribution in [1.82, 2.24) is 0 Å². The Morgan fingerprint density at radius 2 is 1.80 bits per heavy atom. The van der Waals surface area contributed by atoms with Crippen molar-refractivity contribution in [3.05, 3.63) is 52.5 Å². The molecule has 6 heteroatoms. The molecule has 2 aromatic rings. The van der Waals surface area contributed by atoms with Gasteiger partial charge in [0.1, 0.15) is 5.75 Å². The maximum absolute atomic E-state index is 11.8. The third-order valence-electron chi connectivity index (χ3n) is 2.42. The number of rotatable bonds is 4. The molecule has 0 saturated carbocycles. The predicted octanol–water partition coefficient (Wildman–Crippen LogP) is 3.59. The molecule has 0 aromatic heterocycles. The van der Waals surface area contributed by atoms with Crippen LogP contribution in [-0.4, -0.2) is 12.5 Å². The van der Waals surface area contributed by atoms with Crippen LogP contribution in [0.5, 0.6) is 5.75 Å². The molecule has 0 unspecified atom stereocenters. The Hall–Kier alpha value is -1.91. The summed E-state index contributed by atoms with van der Waals surface area (Å²) in [5, 5.41) is 3.53. The Balaban J connectivity index is 1.94. The highest BCUT2D eigenvalue weighted by Gasteiger charge is 2.06. The summed E-state index contributed by atoms with van der Waals surface area (Å²) >= 11 is 11.7. The number of nitrogens with two attached hydrogens (primary N) is 1. The van der Waals surface area contributed by atoms with Gasteiger partial charge in [-0.05, 0) is 30.3 Å². The number of anilines is 2. The molecule has 0 radical (unpaired) electrons. The number of nitrogens with one attached hydrogen (secondary N) is 1. The van der Waals surface area contributed by atoms with Crippen molar-refractivity contribution in [2.45, 2.75) is 0 Å². The Morgan fingerprint density at radius 3 is 2.45 bits per heavy atom. The van der Waals surface area contributed by atoms with Gasteiger partial charge in [-0.1, -0.05) is 35.3 Å². The highest BCUT2D eigenvalue weighted by molar-refractivity contribution is 6.35. The maximum Gasteiger partial charge on any atom is 0.262 e. The Kier molecular flexibility index (Phi) is 4.71. The number of amides is 1. The van der Waals surface area contributed by atoms with Crippen LogP contribution in [0.2, 0.25) is 10.0 Å². The van der Waals surface area contributed by atoms with Gasteiger partial charge in [0.05, 0.1) is 5.69 Å². The first-order valence-electron chi connectivity index (χ1n) is 5.78. The summed E-state index contributed by atoms with van der Waals surface area (Å²) in [4.78, 5) is 11.8. The van der Waals surface area contributed by atoms with Gasteiger partial charge in [0.2, 0.25) is 0 Å². The zero-order valence-corrected chi connectivity index (χ0v) is 11.9. The van der Waals surface area contributed by atoms with E-state index in [1.165, 1.54) is 0 Å². The normalized spacial score (nSPS) is 10.1. The summed E-state index contributed by atoms with van der Waals surface area (Å²) in [7, 11) is 0. The van der Waals surface area contributed by atoms with E-state index in [0.29, 0.717) is 27.2 Å². The van der Waals surface area contributed by atoms with E-state index >= 15 is 0 Å². The summed E-state index contributed by atoms with van der Waals surface area (Å²) in [6, 6.07) is 11.7. The van der Waals surface area contributed by atoms with Crippen LogP contribution in [0.3, 0.4) is 0 Å². The SMILES string of the molecule is Nc1ccccc1OCC(=O)Nc1cc(Cl)cc(Cl)c1. The number of benzene rings is 2. The molecule has 0 atom stereocenters. The summed E-state index contributed by atoms with van der Waals surface area (Å²) in [5.74, 6) is 0.137. The second-order valence-electron chi connectivity index (χ2n) is 4.03. The lowest BCUT2D eigenvalue weighted by Crippen LogP contribution is -2.20. The third-order valence-corrected chi connectivity index (χ3v) is 2.86. The van der Waals surface area contributed by atoms with Gasteiger partial charge in [-0.3, -0.25) is 4.79 Å². The summed E-state index contributed by atoms with van der Waals surface area (Å²) in [6.45, 7) is -0.154. The maximum atomic E-state index is 11.8. The van der Waals surface area contributed by atoms with Crippen molar-refractivity contribution >= 4 is 40.5 Å². The molecule has 0 fully saturated rings. The van der Waals surface area contributed by atoms with Crippen LogP contribution in [0.25, 0.3) is 0 Å². The van der Waals surface area contributed by atoms with Crippen molar-refractivity contribution in [2.75, 3.05) is 17.7 Å². The zero-order chi connectivity index (χ0) is 14.5. The highest BCUT2D eigenvalue weighted by atomic mass is 35.5. The molecule has 2 rings (SSSR count). The Labute approximate surface area is 126 Å². The van der Waals surface area contributed by atoms with Crippen LogP contribution in [0.1, 0.15) is 0 Å². The topological polar surface area (TPSA) is 64.3 Å². The largest absolute Gasteiger partial charge is 0.482 e. The van der Waals surface area contributed by atoms with Crippen molar-refractivity contribution < 1.29 is 9.53 Å². The summed E-state index contributed by atoms with van der Waals surface area (Å²) in [5.41, 5.74) is 6.70. The number of carbonyl (C=O) groups is 1. The lowest BCUT2D eigenvalue weighted by Gasteiger charge is -2.09. The van der Waals surface area contributed by atoms with Gasteiger partial charge in [0, 0.05) is 15.7 Å². The van der Waals surface area contributed by atoms with Gasteiger partial charge in [-0.2, -0.15) is 0 Å². The molecule has 0 heterocycles. The Morgan fingerprint density at radius 1 is 1.15 bits per heavy atom. The van der Waals surface area contributed by atoms with Crippen molar-refractivity contribution in [2.24, 2.45) is 0 Å². The van der Waals surface area contributed by atoms with Gasteiger partial charge in [0.15, 0.2) is 6.61 Å². The second-order valence-corrected chi connectivity index (χ2v) is 4.91. The average Bonchev–Trinajstić information content (AvgIpc) is 2.36. The second kappa shape index (κ2) is 6.50. The van der Waals surface area contributed by atoms with E-state index < -0.39 is 0 Å². The first kappa shape index (κ1) is 14.5. The quantitative estimate of drug-likeness (QED) is 0.848. The average molecular weight is 311 g/mol. The van der Waals surface area contributed by atoms with Crippen molar-refractivity contribution in [1.29, 1.82) is 0 Å². The minimum absolute atomic E-state index is 0.154. The van der Waals surface area contributed by atoms with E-state index in [1.807, 2.05) is 0 Å². The Bertz CT molecular complexity index is 612. The molecular formula is C14H12Cl2N2O2. The monoisotopic (exact) mass is 310 g/mol. The van der Waals surface area contributed by atoms with Crippen molar-refractivity contribution in [3.8, 4) is 5.75 Å². The molecule has 0 saturated heterocycles. The van der Waals surface area contributed by atoms with Crippen LogP contribution in [0.4, 0.5) is 11.4 Å². The van der Waals surface area contributed by atoms with E-state index in [2.05, 4.69) is 5.32 Å². The number of hydrogen-bond acceptors (Lipinski definition) is 3. The van der Waals surface area contributed by atoms with E-state index in [1.54, 1.807) is 42.5 Å². The van der Waals surface area contributed by atoms with E-state index in [-0.39, 0.29) is 12.5 Å². The molecule has 0 bridgehead atoms. The van der Waals surface area contributed by atoms with Gasteiger partial charge < -0.3 is 15.8 Å². The number of para-hydroxylation sites is 2.